The van der Waals surface area contributed by atoms with E-state index in [0.29, 0.717) is 11.3 Å². The zero-order chi connectivity index (χ0) is 18.4. The first-order chi connectivity index (χ1) is 11.9. The van der Waals surface area contributed by atoms with Crippen molar-refractivity contribution in [3.8, 4) is 5.75 Å². The molecule has 0 saturated heterocycles. The maximum atomic E-state index is 13.0. The summed E-state index contributed by atoms with van der Waals surface area (Å²) in [4.78, 5) is 11.9. The van der Waals surface area contributed by atoms with Crippen LogP contribution in [0.5, 0.6) is 5.75 Å². The highest BCUT2D eigenvalue weighted by molar-refractivity contribution is 6.33. The van der Waals surface area contributed by atoms with E-state index in [9.17, 15) is 9.18 Å². The maximum absolute atomic E-state index is 13.0. The van der Waals surface area contributed by atoms with Crippen LogP contribution in [0, 0.1) is 12.7 Å². The second-order valence-corrected chi connectivity index (χ2v) is 6.35. The summed E-state index contributed by atoms with van der Waals surface area (Å²) in [5.74, 6) is 0.150. The molecule has 0 heterocycles. The minimum absolute atomic E-state index is 0.155. The summed E-state index contributed by atoms with van der Waals surface area (Å²) < 4.78 is 18.6. The first-order valence-corrected chi connectivity index (χ1v) is 8.25. The molecular weight excluding hydrogens is 343 g/mol. The molecule has 2 aromatic carbocycles. The number of amides is 1. The molecular formula is C19H20ClFN2O2. The topological polar surface area (TPSA) is 50.7 Å². The van der Waals surface area contributed by atoms with E-state index in [1.54, 1.807) is 0 Å². The van der Waals surface area contributed by atoms with Crippen LogP contribution >= 0.6 is 11.6 Å². The molecule has 0 aliphatic heterocycles. The highest BCUT2D eigenvalue weighted by atomic mass is 35.5. The molecule has 0 aliphatic carbocycles. The molecule has 0 fully saturated rings. The van der Waals surface area contributed by atoms with Crippen molar-refractivity contribution in [2.24, 2.45) is 5.10 Å². The maximum Gasteiger partial charge on any atom is 0.277 e. The van der Waals surface area contributed by atoms with Gasteiger partial charge in [0.1, 0.15) is 11.6 Å². The number of carbonyl (C=O) groups excluding carboxylic acids is 1. The van der Waals surface area contributed by atoms with Gasteiger partial charge in [-0.05, 0) is 48.2 Å². The van der Waals surface area contributed by atoms with Gasteiger partial charge in [0.15, 0.2) is 6.61 Å². The zero-order valence-corrected chi connectivity index (χ0v) is 15.1. The van der Waals surface area contributed by atoms with Gasteiger partial charge in [-0.3, -0.25) is 4.79 Å². The first kappa shape index (κ1) is 18.9. The van der Waals surface area contributed by atoms with Gasteiger partial charge < -0.3 is 4.74 Å². The fourth-order valence-electron chi connectivity index (χ4n) is 2.20. The third-order valence-corrected chi connectivity index (χ3v) is 3.83. The van der Waals surface area contributed by atoms with Crippen LogP contribution in [-0.4, -0.2) is 18.7 Å². The third kappa shape index (κ3) is 5.57. The van der Waals surface area contributed by atoms with E-state index in [-0.39, 0.29) is 17.5 Å². The van der Waals surface area contributed by atoms with E-state index in [2.05, 4.69) is 24.4 Å². The van der Waals surface area contributed by atoms with Crippen molar-refractivity contribution in [2.75, 3.05) is 6.61 Å². The molecule has 0 radical (unpaired) electrons. The monoisotopic (exact) mass is 362 g/mol. The molecule has 132 valence electrons. The Balaban J connectivity index is 1.93. The molecule has 2 aromatic rings. The first-order valence-electron chi connectivity index (χ1n) is 7.87. The molecule has 1 N–H and O–H groups in total. The fraction of sp³-hybridized carbons (Fsp3) is 0.263. The van der Waals surface area contributed by atoms with E-state index < -0.39 is 11.7 Å². The van der Waals surface area contributed by atoms with Crippen LogP contribution in [0.4, 0.5) is 4.39 Å². The van der Waals surface area contributed by atoms with E-state index in [1.165, 1.54) is 24.4 Å². The van der Waals surface area contributed by atoms with E-state index in [4.69, 9.17) is 16.3 Å². The normalized spacial score (nSPS) is 11.1. The average molecular weight is 363 g/mol. The summed E-state index contributed by atoms with van der Waals surface area (Å²) in [6.07, 6.45) is 1.35. The molecule has 0 bridgehead atoms. The van der Waals surface area contributed by atoms with Gasteiger partial charge in [-0.15, -0.1) is 0 Å². The van der Waals surface area contributed by atoms with Crippen LogP contribution in [0.25, 0.3) is 0 Å². The minimum Gasteiger partial charge on any atom is -0.483 e. The van der Waals surface area contributed by atoms with Crippen LogP contribution in [0.3, 0.4) is 0 Å². The second kappa shape index (κ2) is 8.62. The Morgan fingerprint density at radius 1 is 1.32 bits per heavy atom. The number of ether oxygens (including phenoxy) is 1. The van der Waals surface area contributed by atoms with E-state index >= 15 is 0 Å². The quantitative estimate of drug-likeness (QED) is 0.610. The molecule has 0 aliphatic rings. The number of hydrogen-bond acceptors (Lipinski definition) is 3. The van der Waals surface area contributed by atoms with Crippen molar-refractivity contribution in [2.45, 2.75) is 26.7 Å². The fourth-order valence-corrected chi connectivity index (χ4v) is 2.42. The minimum atomic E-state index is -0.432. The smallest absolute Gasteiger partial charge is 0.277 e. The number of nitrogens with zero attached hydrogens (tertiary/aromatic N) is 1. The van der Waals surface area contributed by atoms with Gasteiger partial charge in [-0.25, -0.2) is 9.82 Å². The number of aryl methyl sites for hydroxylation is 1. The van der Waals surface area contributed by atoms with Crippen LogP contribution in [0.15, 0.2) is 41.5 Å². The third-order valence-electron chi connectivity index (χ3n) is 3.51. The molecule has 4 nitrogen and oxygen atoms in total. The predicted molar refractivity (Wildman–Crippen MR) is 97.9 cm³/mol. The summed E-state index contributed by atoms with van der Waals surface area (Å²) in [6.45, 7) is 5.94. The Kier molecular flexibility index (Phi) is 6.53. The summed E-state index contributed by atoms with van der Waals surface area (Å²) in [7, 11) is 0. The van der Waals surface area contributed by atoms with Crippen molar-refractivity contribution in [1.82, 2.24) is 5.43 Å². The molecule has 2 rings (SSSR count). The average Bonchev–Trinajstić information content (AvgIpc) is 2.54. The molecule has 0 aromatic heterocycles. The largest absolute Gasteiger partial charge is 0.483 e. The van der Waals surface area contributed by atoms with Gasteiger partial charge in [-0.1, -0.05) is 37.6 Å². The highest BCUT2D eigenvalue weighted by Gasteiger charge is 2.10. The van der Waals surface area contributed by atoms with Crippen LogP contribution < -0.4 is 10.2 Å². The zero-order valence-electron chi connectivity index (χ0n) is 14.3. The predicted octanol–water partition coefficient (Wildman–Crippen LogP) is 4.44. The van der Waals surface area contributed by atoms with Gasteiger partial charge in [-0.2, -0.15) is 5.10 Å². The number of hydrogen-bond donors (Lipinski definition) is 1. The summed E-state index contributed by atoms with van der Waals surface area (Å²) >= 11 is 5.88. The molecule has 1 amide bonds. The lowest BCUT2D eigenvalue weighted by molar-refractivity contribution is -0.123. The molecule has 6 heteroatoms. The molecule has 0 unspecified atom stereocenters. The lowest BCUT2D eigenvalue weighted by atomic mass is 10.0. The number of hydrazone groups is 1. The molecule has 25 heavy (non-hydrogen) atoms. The van der Waals surface area contributed by atoms with Crippen LogP contribution in [0.2, 0.25) is 5.02 Å². The Hall–Kier alpha value is -2.40. The van der Waals surface area contributed by atoms with Crippen LogP contribution in [-0.2, 0) is 4.79 Å². The van der Waals surface area contributed by atoms with Gasteiger partial charge in [0.2, 0.25) is 0 Å². The highest BCUT2D eigenvalue weighted by Crippen LogP contribution is 2.27. The number of rotatable bonds is 6. The summed E-state index contributed by atoms with van der Waals surface area (Å²) in [5.41, 5.74) is 4.97. The number of benzene rings is 2. The van der Waals surface area contributed by atoms with E-state index in [0.717, 1.165) is 11.1 Å². The van der Waals surface area contributed by atoms with Gasteiger partial charge >= 0.3 is 0 Å². The Morgan fingerprint density at radius 2 is 2.08 bits per heavy atom. The molecule has 0 saturated carbocycles. The van der Waals surface area contributed by atoms with Crippen molar-refractivity contribution < 1.29 is 13.9 Å². The molecule has 0 atom stereocenters. The van der Waals surface area contributed by atoms with Gasteiger partial charge in [0, 0.05) is 5.56 Å². The van der Waals surface area contributed by atoms with Gasteiger partial charge in [0.05, 0.1) is 11.2 Å². The second-order valence-electron chi connectivity index (χ2n) is 5.94. The lowest BCUT2D eigenvalue weighted by Gasteiger charge is -2.14. The SMILES string of the molecule is Cc1ccc(C(C)C)c(OCC(=O)N/N=C/c2ccc(F)cc2Cl)c1. The van der Waals surface area contributed by atoms with E-state index in [1.807, 2.05) is 25.1 Å². The lowest BCUT2D eigenvalue weighted by Crippen LogP contribution is -2.25. The van der Waals surface area contributed by atoms with Crippen molar-refractivity contribution in [1.29, 1.82) is 0 Å². The Bertz CT molecular complexity index is 791. The van der Waals surface area contributed by atoms with Crippen molar-refractivity contribution in [3.63, 3.8) is 0 Å². The summed E-state index contributed by atoms with van der Waals surface area (Å²) in [5, 5.41) is 4.03. The van der Waals surface area contributed by atoms with Gasteiger partial charge in [0.25, 0.3) is 5.91 Å². The number of halogens is 2. The van der Waals surface area contributed by atoms with Crippen molar-refractivity contribution in [3.05, 3.63) is 63.9 Å². The van der Waals surface area contributed by atoms with Crippen LogP contribution in [0.1, 0.15) is 36.5 Å². The summed E-state index contributed by atoms with van der Waals surface area (Å²) in [6, 6.07) is 9.85. The number of carbonyl (C=O) groups is 1. The standard InChI is InChI=1S/C19H20ClFN2O2/c1-12(2)16-7-4-13(3)8-18(16)25-11-19(24)23-22-10-14-5-6-15(21)9-17(14)20/h4-10,12H,11H2,1-3H3,(H,23,24)/b22-10+. The molecule has 0 spiro atoms. The Morgan fingerprint density at radius 3 is 2.76 bits per heavy atom. The number of nitrogens with one attached hydrogen (secondary N) is 1. The Labute approximate surface area is 151 Å². The van der Waals surface area contributed by atoms with Crippen molar-refractivity contribution >= 4 is 23.7 Å².